The summed E-state index contributed by atoms with van der Waals surface area (Å²) in [7, 11) is 0. The van der Waals surface area contributed by atoms with E-state index in [4.69, 9.17) is 0 Å². The maximum atomic E-state index is 4.46. The molecule has 1 atom stereocenters. The quantitative estimate of drug-likeness (QED) is 0.299. The Morgan fingerprint density at radius 1 is 0.525 bits per heavy atom. The van der Waals surface area contributed by atoms with Crippen molar-refractivity contribution in [1.29, 1.82) is 0 Å². The highest BCUT2D eigenvalue weighted by Gasteiger charge is 2.09. The van der Waals surface area contributed by atoms with E-state index in [-0.39, 0.29) is 0 Å². The van der Waals surface area contributed by atoms with Gasteiger partial charge < -0.3 is 0 Å². The monoisotopic (exact) mass is 524 g/mol. The predicted molar refractivity (Wildman–Crippen MR) is 157 cm³/mol. The smallest absolute Gasteiger partial charge is 0.117 e. The summed E-state index contributed by atoms with van der Waals surface area (Å²) in [5.41, 5.74) is 7.28. The molecule has 0 saturated heterocycles. The third-order valence-electron chi connectivity index (χ3n) is 6.64. The maximum absolute atomic E-state index is 4.46. The number of hydrogen-bond acceptors (Lipinski definition) is 6. The van der Waals surface area contributed by atoms with Gasteiger partial charge in [-0.1, -0.05) is 45.5 Å². The zero-order valence-corrected chi connectivity index (χ0v) is 23.7. The normalized spacial score (nSPS) is 10.9. The van der Waals surface area contributed by atoms with E-state index in [9.17, 15) is 0 Å². The molecule has 0 fully saturated rings. The summed E-state index contributed by atoms with van der Waals surface area (Å²) < 4.78 is 0. The molecule has 40 heavy (non-hydrogen) atoms. The van der Waals surface area contributed by atoms with Crippen LogP contribution >= 0.6 is 0 Å². The lowest BCUT2D eigenvalue weighted by atomic mass is 9.99. The molecule has 0 radical (unpaired) electrons. The van der Waals surface area contributed by atoms with Crippen LogP contribution in [0.1, 0.15) is 110 Å². The van der Waals surface area contributed by atoms with Gasteiger partial charge in [-0.25, -0.2) is 29.9 Å². The van der Waals surface area contributed by atoms with Crippen molar-refractivity contribution in [3.63, 3.8) is 0 Å². The zero-order chi connectivity index (χ0) is 28.3. The summed E-state index contributed by atoms with van der Waals surface area (Å²) >= 11 is 0. The lowest BCUT2D eigenvalue weighted by molar-refractivity contribution is 0.621. The molecule has 3 heterocycles. The molecule has 3 aromatic heterocycles. The van der Waals surface area contributed by atoms with Crippen LogP contribution in [0.25, 0.3) is 0 Å². The standard InChI is InChI=1S/C34H32N6/c1-6-24(4)33-19-31(37-22-39-33)13-10-27-16-26(9-12-30-15-25(5)35-21-36-30)17-28(18-27)11-14-32-20-34(40-23-38-32)29(7-2)8-3/h15-24,29H,6-8H2,1-5H3. The van der Waals surface area contributed by atoms with E-state index in [2.05, 4.69) is 93.1 Å². The van der Waals surface area contributed by atoms with Crippen LogP contribution in [0.4, 0.5) is 0 Å². The first kappa shape index (κ1) is 28.2. The fourth-order valence-corrected chi connectivity index (χ4v) is 4.07. The van der Waals surface area contributed by atoms with Crippen LogP contribution < -0.4 is 0 Å². The van der Waals surface area contributed by atoms with Crippen molar-refractivity contribution in [3.8, 4) is 35.5 Å². The first-order chi connectivity index (χ1) is 19.5. The van der Waals surface area contributed by atoms with E-state index in [0.717, 1.165) is 53.0 Å². The number of rotatable bonds is 5. The molecule has 0 aliphatic carbocycles. The first-order valence-electron chi connectivity index (χ1n) is 13.6. The van der Waals surface area contributed by atoms with E-state index >= 15 is 0 Å². The molecule has 6 heteroatoms. The molecule has 0 spiro atoms. The van der Waals surface area contributed by atoms with Gasteiger partial charge in [-0.15, -0.1) is 0 Å². The van der Waals surface area contributed by atoms with Crippen LogP contribution in [0.15, 0.2) is 55.4 Å². The molecule has 0 aliphatic rings. The SMILES string of the molecule is CCC(C)c1cc(C#Cc2cc(C#Cc3cc(C)ncn3)cc(C#Cc3cc(C(CC)CC)ncn3)c2)ncn1. The molecule has 0 amide bonds. The Hall–Kier alpha value is -4.86. The molecule has 0 N–H and O–H groups in total. The summed E-state index contributed by atoms with van der Waals surface area (Å²) in [6.07, 6.45) is 7.75. The number of benzene rings is 1. The molecule has 1 aromatic carbocycles. The van der Waals surface area contributed by atoms with Gasteiger partial charge in [0, 0.05) is 39.7 Å². The molecular weight excluding hydrogens is 492 g/mol. The van der Waals surface area contributed by atoms with E-state index < -0.39 is 0 Å². The molecule has 198 valence electrons. The van der Waals surface area contributed by atoms with Gasteiger partial charge in [0.25, 0.3) is 0 Å². The van der Waals surface area contributed by atoms with Gasteiger partial charge in [0.05, 0.1) is 0 Å². The van der Waals surface area contributed by atoms with Crippen molar-refractivity contribution < 1.29 is 0 Å². The Bertz CT molecular complexity index is 1670. The average Bonchev–Trinajstić information content (AvgIpc) is 2.98. The van der Waals surface area contributed by atoms with Crippen molar-refractivity contribution in [2.24, 2.45) is 0 Å². The van der Waals surface area contributed by atoms with Gasteiger partial charge in [0.15, 0.2) is 0 Å². The van der Waals surface area contributed by atoms with Crippen molar-refractivity contribution in [3.05, 3.63) is 106 Å². The van der Waals surface area contributed by atoms with Crippen LogP contribution in [0.5, 0.6) is 0 Å². The van der Waals surface area contributed by atoms with Crippen LogP contribution in [0, 0.1) is 42.4 Å². The van der Waals surface area contributed by atoms with Gasteiger partial charge >= 0.3 is 0 Å². The predicted octanol–water partition coefficient (Wildman–Crippen LogP) is 5.98. The molecule has 4 aromatic rings. The summed E-state index contributed by atoms with van der Waals surface area (Å²) in [5, 5.41) is 0. The number of aryl methyl sites for hydroxylation is 1. The van der Waals surface area contributed by atoms with E-state index in [1.807, 2.05) is 43.3 Å². The van der Waals surface area contributed by atoms with Gasteiger partial charge in [-0.2, -0.15) is 0 Å². The summed E-state index contributed by atoms with van der Waals surface area (Å²) in [6, 6.07) is 11.7. The fourth-order valence-electron chi connectivity index (χ4n) is 4.07. The van der Waals surface area contributed by atoms with Gasteiger partial charge in [-0.3, -0.25) is 0 Å². The molecule has 0 aliphatic heterocycles. The largest absolute Gasteiger partial charge is 0.242 e. The Morgan fingerprint density at radius 2 is 0.975 bits per heavy atom. The highest BCUT2D eigenvalue weighted by atomic mass is 14.8. The highest BCUT2D eigenvalue weighted by Crippen LogP contribution is 2.20. The van der Waals surface area contributed by atoms with Gasteiger partial charge in [-0.05, 0) is 86.3 Å². The Kier molecular flexibility index (Phi) is 9.71. The lowest BCUT2D eigenvalue weighted by Crippen LogP contribution is -2.00. The lowest BCUT2D eigenvalue weighted by Gasteiger charge is -2.10. The minimum Gasteiger partial charge on any atom is -0.242 e. The minimum atomic E-state index is 0.349. The molecular formula is C34H32N6. The third kappa shape index (κ3) is 7.83. The van der Waals surface area contributed by atoms with Crippen LogP contribution in [-0.4, -0.2) is 29.9 Å². The Morgan fingerprint density at radius 3 is 1.45 bits per heavy atom. The van der Waals surface area contributed by atoms with E-state index in [1.54, 1.807) is 12.7 Å². The van der Waals surface area contributed by atoms with Crippen molar-refractivity contribution in [2.45, 2.75) is 65.7 Å². The second kappa shape index (κ2) is 13.8. The number of nitrogens with zero attached hydrogens (tertiary/aromatic N) is 6. The Balaban J connectivity index is 1.72. The summed E-state index contributed by atoms with van der Waals surface area (Å²) in [6.45, 7) is 10.6. The highest BCUT2D eigenvalue weighted by molar-refractivity contribution is 5.54. The van der Waals surface area contributed by atoms with Crippen molar-refractivity contribution in [1.82, 2.24) is 29.9 Å². The fraction of sp³-hybridized carbons (Fsp3) is 0.294. The van der Waals surface area contributed by atoms with Crippen LogP contribution in [0.2, 0.25) is 0 Å². The van der Waals surface area contributed by atoms with E-state index in [0.29, 0.717) is 28.9 Å². The number of aromatic nitrogens is 6. The number of hydrogen-bond donors (Lipinski definition) is 0. The molecule has 6 nitrogen and oxygen atoms in total. The average molecular weight is 525 g/mol. The minimum absolute atomic E-state index is 0.349. The molecule has 4 rings (SSSR count). The molecule has 1 unspecified atom stereocenters. The van der Waals surface area contributed by atoms with Crippen molar-refractivity contribution in [2.75, 3.05) is 0 Å². The second-order valence-electron chi connectivity index (χ2n) is 9.57. The van der Waals surface area contributed by atoms with E-state index in [1.165, 1.54) is 6.33 Å². The van der Waals surface area contributed by atoms with Crippen LogP contribution in [0.3, 0.4) is 0 Å². The topological polar surface area (TPSA) is 77.3 Å². The second-order valence-corrected chi connectivity index (χ2v) is 9.57. The Labute approximate surface area is 237 Å². The zero-order valence-electron chi connectivity index (χ0n) is 23.7. The van der Waals surface area contributed by atoms with Crippen molar-refractivity contribution >= 4 is 0 Å². The third-order valence-corrected chi connectivity index (χ3v) is 6.64. The van der Waals surface area contributed by atoms with Crippen LogP contribution in [-0.2, 0) is 0 Å². The maximum Gasteiger partial charge on any atom is 0.117 e. The summed E-state index contributed by atoms with van der Waals surface area (Å²) in [5.74, 6) is 20.0. The summed E-state index contributed by atoms with van der Waals surface area (Å²) in [4.78, 5) is 26.0. The van der Waals surface area contributed by atoms with Gasteiger partial charge in [0.2, 0.25) is 0 Å². The molecule has 0 bridgehead atoms. The molecule has 0 saturated carbocycles. The van der Waals surface area contributed by atoms with Gasteiger partial charge in [0.1, 0.15) is 36.1 Å². The first-order valence-corrected chi connectivity index (χ1v) is 13.6.